The Balaban J connectivity index is 2.79. The van der Waals surface area contributed by atoms with Gasteiger partial charge in [-0.05, 0) is 6.42 Å². The normalized spacial score (nSPS) is 14.7. The second-order valence-electron chi connectivity index (χ2n) is 3.61. The Morgan fingerprint density at radius 1 is 1.64 bits per heavy atom. The molecule has 3 N–H and O–H groups in total. The van der Waals surface area contributed by atoms with Gasteiger partial charge < -0.3 is 10.7 Å². The lowest BCUT2D eigenvalue weighted by Crippen LogP contribution is -2.20. The van der Waals surface area contributed by atoms with Crippen molar-refractivity contribution < 1.29 is 0 Å². The molecule has 0 aromatic carbocycles. The van der Waals surface area contributed by atoms with Crippen LogP contribution < -0.4 is 5.73 Å². The Labute approximate surface area is 84.7 Å². The Bertz CT molecular complexity index is 287. The van der Waals surface area contributed by atoms with Crippen molar-refractivity contribution in [3.8, 4) is 0 Å². The maximum atomic E-state index is 5.81. The van der Waals surface area contributed by atoms with Crippen LogP contribution in [0.2, 0.25) is 0 Å². The molecule has 0 fully saturated rings. The van der Waals surface area contributed by atoms with Crippen molar-refractivity contribution in [1.29, 1.82) is 0 Å². The van der Waals surface area contributed by atoms with E-state index >= 15 is 0 Å². The average Bonchev–Trinajstić information content (AvgIpc) is 2.66. The summed E-state index contributed by atoms with van der Waals surface area (Å²) in [5.41, 5.74) is 5.81. The highest BCUT2D eigenvalue weighted by atomic mass is 15.0. The monoisotopic (exact) mass is 194 g/mol. The van der Waals surface area contributed by atoms with E-state index in [0.29, 0.717) is 11.8 Å². The van der Waals surface area contributed by atoms with Crippen molar-refractivity contribution >= 4 is 5.84 Å². The summed E-state index contributed by atoms with van der Waals surface area (Å²) >= 11 is 0. The number of rotatable bonds is 4. The molecule has 0 radical (unpaired) electrons. The number of aromatic amines is 1. The second-order valence-corrected chi connectivity index (χ2v) is 3.61. The first-order valence-electron chi connectivity index (χ1n) is 4.97. The van der Waals surface area contributed by atoms with Crippen molar-refractivity contribution in [3.05, 3.63) is 18.2 Å². The van der Waals surface area contributed by atoms with Gasteiger partial charge in [0.2, 0.25) is 0 Å². The standard InChI is InChI=1S/C10H18N4/c1-4-8(10-12-5-6-13-10)14-9(11)7(2)3/h5-8H,4H2,1-3H3,(H2,11,14)(H,12,13). The summed E-state index contributed by atoms with van der Waals surface area (Å²) in [6.45, 7) is 6.14. The molecule has 0 spiro atoms. The lowest BCUT2D eigenvalue weighted by atomic mass is 10.2. The van der Waals surface area contributed by atoms with Crippen LogP contribution in [0.5, 0.6) is 0 Å². The van der Waals surface area contributed by atoms with E-state index in [9.17, 15) is 0 Å². The summed E-state index contributed by atoms with van der Waals surface area (Å²) in [6, 6.07) is 0.0624. The molecule has 14 heavy (non-hydrogen) atoms. The minimum atomic E-state index is 0.0624. The number of imidazole rings is 1. The van der Waals surface area contributed by atoms with Gasteiger partial charge in [0.05, 0.1) is 5.84 Å². The fourth-order valence-electron chi connectivity index (χ4n) is 1.13. The number of aliphatic imine (C=N–C) groups is 1. The molecule has 1 aromatic rings. The number of nitrogens with one attached hydrogen (secondary N) is 1. The molecule has 0 saturated heterocycles. The maximum Gasteiger partial charge on any atom is 0.130 e. The van der Waals surface area contributed by atoms with E-state index in [1.807, 2.05) is 13.8 Å². The highest BCUT2D eigenvalue weighted by Crippen LogP contribution is 2.17. The van der Waals surface area contributed by atoms with E-state index < -0.39 is 0 Å². The number of amidine groups is 1. The van der Waals surface area contributed by atoms with E-state index in [0.717, 1.165) is 12.2 Å². The summed E-state index contributed by atoms with van der Waals surface area (Å²) in [5.74, 6) is 1.86. The van der Waals surface area contributed by atoms with Gasteiger partial charge in [-0.2, -0.15) is 0 Å². The quantitative estimate of drug-likeness (QED) is 0.567. The first-order chi connectivity index (χ1) is 6.65. The third kappa shape index (κ3) is 2.58. The molecule has 0 aliphatic carbocycles. The molecule has 1 unspecified atom stereocenters. The van der Waals surface area contributed by atoms with Crippen molar-refractivity contribution in [2.75, 3.05) is 0 Å². The molecule has 0 amide bonds. The number of aromatic nitrogens is 2. The average molecular weight is 194 g/mol. The van der Waals surface area contributed by atoms with Crippen molar-refractivity contribution in [1.82, 2.24) is 9.97 Å². The molecule has 78 valence electrons. The van der Waals surface area contributed by atoms with E-state index in [1.165, 1.54) is 0 Å². The van der Waals surface area contributed by atoms with Crippen LogP contribution >= 0.6 is 0 Å². The summed E-state index contributed by atoms with van der Waals surface area (Å²) in [7, 11) is 0. The van der Waals surface area contributed by atoms with E-state index in [2.05, 4.69) is 21.9 Å². The zero-order valence-electron chi connectivity index (χ0n) is 8.99. The molecule has 0 aliphatic heterocycles. The fraction of sp³-hybridized carbons (Fsp3) is 0.600. The first-order valence-corrected chi connectivity index (χ1v) is 4.97. The summed E-state index contributed by atoms with van der Waals surface area (Å²) in [6.07, 6.45) is 4.44. The Hall–Kier alpha value is -1.32. The van der Waals surface area contributed by atoms with Gasteiger partial charge in [0.15, 0.2) is 0 Å². The molecule has 0 aliphatic rings. The fourth-order valence-corrected chi connectivity index (χ4v) is 1.13. The van der Waals surface area contributed by atoms with Gasteiger partial charge in [0.1, 0.15) is 11.9 Å². The topological polar surface area (TPSA) is 67.1 Å². The molecule has 1 heterocycles. The lowest BCUT2D eigenvalue weighted by Gasteiger charge is -2.10. The van der Waals surface area contributed by atoms with Gasteiger partial charge in [-0.1, -0.05) is 20.8 Å². The number of hydrogen-bond acceptors (Lipinski definition) is 2. The van der Waals surface area contributed by atoms with E-state index in [-0.39, 0.29) is 6.04 Å². The molecule has 0 bridgehead atoms. The molecule has 1 aromatic heterocycles. The van der Waals surface area contributed by atoms with Crippen LogP contribution in [0.4, 0.5) is 0 Å². The molecular weight excluding hydrogens is 176 g/mol. The van der Waals surface area contributed by atoms with Crippen molar-refractivity contribution in [3.63, 3.8) is 0 Å². The molecule has 4 nitrogen and oxygen atoms in total. The summed E-state index contributed by atoms with van der Waals surface area (Å²) in [5, 5.41) is 0. The van der Waals surface area contributed by atoms with E-state index in [1.54, 1.807) is 12.4 Å². The van der Waals surface area contributed by atoms with Crippen LogP contribution in [0, 0.1) is 5.92 Å². The predicted molar refractivity (Wildman–Crippen MR) is 58.1 cm³/mol. The zero-order chi connectivity index (χ0) is 10.6. The van der Waals surface area contributed by atoms with E-state index in [4.69, 9.17) is 5.73 Å². The highest BCUT2D eigenvalue weighted by Gasteiger charge is 2.11. The minimum absolute atomic E-state index is 0.0624. The minimum Gasteiger partial charge on any atom is -0.387 e. The van der Waals surface area contributed by atoms with Crippen molar-refractivity contribution in [2.24, 2.45) is 16.6 Å². The number of nitrogens with two attached hydrogens (primary N) is 1. The number of hydrogen-bond donors (Lipinski definition) is 2. The van der Waals surface area contributed by atoms with Crippen LogP contribution in [0.15, 0.2) is 17.4 Å². The third-order valence-electron chi connectivity index (χ3n) is 2.12. The van der Waals surface area contributed by atoms with Gasteiger partial charge >= 0.3 is 0 Å². The first kappa shape index (κ1) is 10.8. The highest BCUT2D eigenvalue weighted by molar-refractivity contribution is 5.82. The second kappa shape index (κ2) is 4.79. The van der Waals surface area contributed by atoms with Gasteiger partial charge in [-0.25, -0.2) is 4.98 Å². The van der Waals surface area contributed by atoms with Crippen molar-refractivity contribution in [2.45, 2.75) is 33.2 Å². The van der Waals surface area contributed by atoms with Gasteiger partial charge in [-0.15, -0.1) is 0 Å². The summed E-state index contributed by atoms with van der Waals surface area (Å²) < 4.78 is 0. The smallest absolute Gasteiger partial charge is 0.130 e. The SMILES string of the molecule is CCC(N=C(N)C(C)C)c1ncc[nH]1. The number of nitrogens with zero attached hydrogens (tertiary/aromatic N) is 2. The number of H-pyrrole nitrogens is 1. The molecule has 1 rings (SSSR count). The molecule has 1 atom stereocenters. The maximum absolute atomic E-state index is 5.81. The van der Waals surface area contributed by atoms with Crippen LogP contribution in [0.1, 0.15) is 39.1 Å². The largest absolute Gasteiger partial charge is 0.387 e. The Kier molecular flexibility index (Phi) is 3.68. The van der Waals surface area contributed by atoms with Gasteiger partial charge in [0, 0.05) is 18.3 Å². The van der Waals surface area contributed by atoms with Crippen LogP contribution in [0.25, 0.3) is 0 Å². The van der Waals surface area contributed by atoms with Crippen LogP contribution in [-0.4, -0.2) is 15.8 Å². The van der Waals surface area contributed by atoms with Crippen LogP contribution in [-0.2, 0) is 0 Å². The molecular formula is C10H18N4. The van der Waals surface area contributed by atoms with Gasteiger partial charge in [-0.3, -0.25) is 4.99 Å². The predicted octanol–water partition coefficient (Wildman–Crippen LogP) is 1.87. The lowest BCUT2D eigenvalue weighted by molar-refractivity contribution is 0.651. The molecule has 4 heteroatoms. The third-order valence-corrected chi connectivity index (χ3v) is 2.12. The Morgan fingerprint density at radius 2 is 2.36 bits per heavy atom. The molecule has 0 saturated carbocycles. The van der Waals surface area contributed by atoms with Gasteiger partial charge in [0.25, 0.3) is 0 Å². The zero-order valence-corrected chi connectivity index (χ0v) is 8.99. The van der Waals surface area contributed by atoms with Crippen LogP contribution in [0.3, 0.4) is 0 Å². The Morgan fingerprint density at radius 3 is 2.79 bits per heavy atom. The summed E-state index contributed by atoms with van der Waals surface area (Å²) in [4.78, 5) is 11.7.